The van der Waals surface area contributed by atoms with E-state index in [0.29, 0.717) is 5.92 Å². The van der Waals surface area contributed by atoms with Crippen molar-refractivity contribution in [3.05, 3.63) is 180 Å². The van der Waals surface area contributed by atoms with Gasteiger partial charge < -0.3 is 0 Å². The second-order valence-electron chi connectivity index (χ2n) is 13.6. The highest BCUT2D eigenvalue weighted by Gasteiger charge is 2.22. The topological polar surface area (TPSA) is 25.8 Å². The van der Waals surface area contributed by atoms with Crippen molar-refractivity contribution in [1.82, 2.24) is 9.97 Å². The number of benzene rings is 5. The summed E-state index contributed by atoms with van der Waals surface area (Å²) >= 11 is 0. The maximum absolute atomic E-state index is 4.95. The first kappa shape index (κ1) is 28.9. The average Bonchev–Trinajstić information content (AvgIpc) is 3.19. The number of aromatic nitrogens is 2. The maximum atomic E-state index is 4.95. The van der Waals surface area contributed by atoms with Gasteiger partial charge in [-0.25, -0.2) is 0 Å². The van der Waals surface area contributed by atoms with Crippen LogP contribution in [0.25, 0.3) is 77.6 Å². The fourth-order valence-corrected chi connectivity index (χ4v) is 8.15. The summed E-state index contributed by atoms with van der Waals surface area (Å²) in [4.78, 5) is 9.62. The van der Waals surface area contributed by atoms with Crippen LogP contribution in [0, 0.1) is 5.92 Å². The third-order valence-electron chi connectivity index (χ3n) is 10.7. The number of aryl methyl sites for hydroxylation is 1. The first-order chi connectivity index (χ1) is 24.8. The summed E-state index contributed by atoms with van der Waals surface area (Å²) in [5, 5.41) is 6.26. The number of para-hydroxylation sites is 1. The molecule has 236 valence electrons. The van der Waals surface area contributed by atoms with E-state index in [1.165, 1.54) is 60.5 Å². The fraction of sp³-hybridized carbons (Fsp3) is 0.0833. The molecule has 2 heteroatoms. The molecule has 3 aliphatic carbocycles. The summed E-state index contributed by atoms with van der Waals surface area (Å²) in [5.74, 6) is 0.447. The standard InChI is InChI=1S/C48H34N2/c1-3-11-33-25-37(19-17-31(33)9-1)47-41-14-6-7-15-42(41)48(38-20-18-32-10-2-4-12-34(32)26-38)44-28-35(21-23-43(44)47)39-22-24-46(49-29-39)40-27-36-13-5-8-16-45(36)50-30-40/h1-2,4-10,12-17,19-30,32H,3,11,18H2. The Morgan fingerprint density at radius 3 is 2.34 bits per heavy atom. The van der Waals surface area contributed by atoms with Crippen molar-refractivity contribution in [2.45, 2.75) is 19.3 Å². The van der Waals surface area contributed by atoms with Crippen molar-refractivity contribution in [2.24, 2.45) is 5.92 Å². The van der Waals surface area contributed by atoms with Crippen LogP contribution >= 0.6 is 0 Å². The molecular formula is C48H34N2. The lowest BCUT2D eigenvalue weighted by molar-refractivity contribution is 0.783. The Bertz CT molecular complexity index is 2670. The van der Waals surface area contributed by atoms with Gasteiger partial charge in [-0.2, -0.15) is 0 Å². The highest BCUT2D eigenvalue weighted by atomic mass is 14.7. The number of rotatable bonds is 4. The molecule has 0 aliphatic heterocycles. The van der Waals surface area contributed by atoms with Crippen LogP contribution in [0.1, 0.15) is 29.5 Å². The Hall–Kier alpha value is -6.12. The van der Waals surface area contributed by atoms with Gasteiger partial charge in [0.15, 0.2) is 0 Å². The quantitative estimate of drug-likeness (QED) is 0.179. The van der Waals surface area contributed by atoms with Crippen LogP contribution in [0.2, 0.25) is 0 Å². The van der Waals surface area contributed by atoms with Crippen molar-refractivity contribution in [1.29, 1.82) is 0 Å². The van der Waals surface area contributed by atoms with Crippen LogP contribution in [0.4, 0.5) is 0 Å². The van der Waals surface area contributed by atoms with Crippen LogP contribution in [-0.2, 0) is 6.42 Å². The molecule has 2 aromatic heterocycles. The molecular weight excluding hydrogens is 605 g/mol. The van der Waals surface area contributed by atoms with E-state index < -0.39 is 0 Å². The predicted octanol–water partition coefficient (Wildman–Crippen LogP) is 12.4. The summed E-state index contributed by atoms with van der Waals surface area (Å²) in [7, 11) is 0. The van der Waals surface area contributed by atoms with Gasteiger partial charge in [0, 0.05) is 34.8 Å². The van der Waals surface area contributed by atoms with Crippen LogP contribution < -0.4 is 0 Å². The Morgan fingerprint density at radius 2 is 1.42 bits per heavy atom. The number of hydrogen-bond donors (Lipinski definition) is 0. The average molecular weight is 639 g/mol. The summed E-state index contributed by atoms with van der Waals surface area (Å²) in [5.41, 5.74) is 14.6. The summed E-state index contributed by atoms with van der Waals surface area (Å²) in [6, 6.07) is 37.8. The lowest BCUT2D eigenvalue weighted by Gasteiger charge is -2.24. The van der Waals surface area contributed by atoms with Crippen molar-refractivity contribution in [3.8, 4) is 33.5 Å². The largest absolute Gasteiger partial charge is 0.256 e. The van der Waals surface area contributed by atoms with Gasteiger partial charge in [-0.15, -0.1) is 0 Å². The van der Waals surface area contributed by atoms with Crippen LogP contribution in [0.3, 0.4) is 0 Å². The molecule has 10 rings (SSSR count). The van der Waals surface area contributed by atoms with E-state index in [0.717, 1.165) is 52.5 Å². The Morgan fingerprint density at radius 1 is 0.600 bits per heavy atom. The number of pyridine rings is 2. The monoisotopic (exact) mass is 638 g/mol. The van der Waals surface area contributed by atoms with Gasteiger partial charge >= 0.3 is 0 Å². The predicted molar refractivity (Wildman–Crippen MR) is 211 cm³/mol. The van der Waals surface area contributed by atoms with Crippen LogP contribution in [0.15, 0.2) is 164 Å². The molecule has 0 radical (unpaired) electrons. The molecule has 5 aromatic carbocycles. The van der Waals surface area contributed by atoms with Gasteiger partial charge in [-0.1, -0.05) is 127 Å². The summed E-state index contributed by atoms with van der Waals surface area (Å²) < 4.78 is 0. The van der Waals surface area contributed by atoms with Gasteiger partial charge in [-0.05, 0) is 110 Å². The molecule has 50 heavy (non-hydrogen) atoms. The molecule has 0 amide bonds. The van der Waals surface area contributed by atoms with Crippen molar-refractivity contribution in [3.63, 3.8) is 0 Å². The first-order valence-electron chi connectivity index (χ1n) is 17.6. The second-order valence-corrected chi connectivity index (χ2v) is 13.6. The summed E-state index contributed by atoms with van der Waals surface area (Å²) in [6.45, 7) is 0. The lowest BCUT2D eigenvalue weighted by atomic mass is 9.79. The number of allylic oxidation sites excluding steroid dienone is 9. The maximum Gasteiger partial charge on any atom is 0.0718 e. The molecule has 0 bridgehead atoms. The Labute approximate surface area is 292 Å². The minimum atomic E-state index is 0.447. The molecule has 2 heterocycles. The Kier molecular flexibility index (Phi) is 6.80. The van der Waals surface area contributed by atoms with E-state index >= 15 is 0 Å². The Balaban J connectivity index is 1.17. The van der Waals surface area contributed by atoms with E-state index in [1.807, 2.05) is 24.5 Å². The van der Waals surface area contributed by atoms with Gasteiger partial charge in [0.2, 0.25) is 0 Å². The van der Waals surface area contributed by atoms with Crippen molar-refractivity contribution < 1.29 is 0 Å². The minimum Gasteiger partial charge on any atom is -0.256 e. The molecule has 7 aromatic rings. The SMILES string of the molecule is C1=CC2=CC(c3c4ccccc4c(-c4ccc5c(c4)CCC=C5)c4ccc(-c5ccc(-c6cnc7ccccc7c6)nc5)cc34)=CCC2C=C1. The van der Waals surface area contributed by atoms with Crippen LogP contribution in [-0.4, -0.2) is 9.97 Å². The number of fused-ring (bicyclic) bond motifs is 5. The van der Waals surface area contributed by atoms with E-state index in [2.05, 4.69) is 145 Å². The molecule has 0 saturated carbocycles. The molecule has 2 nitrogen and oxygen atoms in total. The van der Waals surface area contributed by atoms with Crippen LogP contribution in [0.5, 0.6) is 0 Å². The fourth-order valence-electron chi connectivity index (χ4n) is 8.15. The zero-order valence-corrected chi connectivity index (χ0v) is 27.7. The highest BCUT2D eigenvalue weighted by Crippen LogP contribution is 2.46. The van der Waals surface area contributed by atoms with E-state index in [1.54, 1.807) is 0 Å². The third kappa shape index (κ3) is 4.87. The molecule has 0 N–H and O–H groups in total. The normalized spacial score (nSPS) is 16.4. The molecule has 3 aliphatic rings. The molecule has 0 fully saturated rings. The second kappa shape index (κ2) is 11.8. The van der Waals surface area contributed by atoms with Gasteiger partial charge in [0.05, 0.1) is 11.2 Å². The van der Waals surface area contributed by atoms with Gasteiger partial charge in [0.25, 0.3) is 0 Å². The third-order valence-corrected chi connectivity index (χ3v) is 10.7. The molecule has 1 atom stereocenters. The minimum absolute atomic E-state index is 0.447. The lowest BCUT2D eigenvalue weighted by Crippen LogP contribution is -2.06. The van der Waals surface area contributed by atoms with Crippen molar-refractivity contribution in [2.75, 3.05) is 0 Å². The van der Waals surface area contributed by atoms with E-state index in [4.69, 9.17) is 4.98 Å². The highest BCUT2D eigenvalue weighted by molar-refractivity contribution is 6.20. The zero-order chi connectivity index (χ0) is 33.0. The molecule has 1 unspecified atom stereocenters. The van der Waals surface area contributed by atoms with E-state index in [9.17, 15) is 0 Å². The smallest absolute Gasteiger partial charge is 0.0718 e. The van der Waals surface area contributed by atoms with E-state index in [-0.39, 0.29) is 0 Å². The van der Waals surface area contributed by atoms with Gasteiger partial charge in [-0.3, -0.25) is 9.97 Å². The first-order valence-corrected chi connectivity index (χ1v) is 17.6. The number of nitrogens with zero attached hydrogens (tertiary/aromatic N) is 2. The molecule has 0 saturated heterocycles. The summed E-state index contributed by atoms with van der Waals surface area (Å²) in [6.07, 6.45) is 25.5. The number of hydrogen-bond acceptors (Lipinski definition) is 2. The van der Waals surface area contributed by atoms with Gasteiger partial charge in [0.1, 0.15) is 0 Å². The molecule has 0 spiro atoms. The zero-order valence-electron chi connectivity index (χ0n) is 27.7. The van der Waals surface area contributed by atoms with Crippen molar-refractivity contribution >= 4 is 44.1 Å².